The number of aromatic amines is 1. The van der Waals surface area contributed by atoms with Crippen LogP contribution in [-0.4, -0.2) is 47.8 Å². The van der Waals surface area contributed by atoms with E-state index in [9.17, 15) is 4.79 Å². The summed E-state index contributed by atoms with van der Waals surface area (Å²) in [6.45, 7) is 1.91. The van der Waals surface area contributed by atoms with Crippen molar-refractivity contribution in [1.82, 2.24) is 15.1 Å². The normalized spacial score (nSPS) is 16.2. The molecular formula is C17H19N3O3. The summed E-state index contributed by atoms with van der Waals surface area (Å²) >= 11 is 0. The Morgan fingerprint density at radius 2 is 2.09 bits per heavy atom. The summed E-state index contributed by atoms with van der Waals surface area (Å²) in [7, 11) is 1.85. The molecule has 0 atom stereocenters. The van der Waals surface area contributed by atoms with Crippen molar-refractivity contribution >= 4 is 5.91 Å². The lowest BCUT2D eigenvalue weighted by Gasteiger charge is -2.19. The maximum absolute atomic E-state index is 12.7. The summed E-state index contributed by atoms with van der Waals surface area (Å²) in [5.74, 6) is 2.09. The average molecular weight is 313 g/mol. The van der Waals surface area contributed by atoms with Gasteiger partial charge in [0.15, 0.2) is 11.5 Å². The number of ether oxygens (including phenoxy) is 2. The van der Waals surface area contributed by atoms with Gasteiger partial charge in [0.2, 0.25) is 0 Å². The van der Waals surface area contributed by atoms with Crippen LogP contribution in [0, 0.1) is 5.92 Å². The number of H-pyrrole nitrogens is 1. The van der Waals surface area contributed by atoms with Crippen molar-refractivity contribution in [3.63, 3.8) is 0 Å². The molecule has 2 aliphatic rings. The molecule has 1 aliphatic heterocycles. The second-order valence-corrected chi connectivity index (χ2v) is 6.15. The maximum atomic E-state index is 12.7. The molecule has 1 N–H and O–H groups in total. The third-order valence-electron chi connectivity index (χ3n) is 4.28. The Bertz CT molecular complexity index is 736. The fourth-order valence-electron chi connectivity index (χ4n) is 2.84. The lowest BCUT2D eigenvalue weighted by Crippen LogP contribution is -2.28. The summed E-state index contributed by atoms with van der Waals surface area (Å²) in [6.07, 6.45) is 4.04. The Morgan fingerprint density at radius 1 is 1.30 bits per heavy atom. The van der Waals surface area contributed by atoms with Crippen molar-refractivity contribution in [2.75, 3.05) is 26.8 Å². The van der Waals surface area contributed by atoms with E-state index in [-0.39, 0.29) is 5.91 Å². The molecule has 0 unspecified atom stereocenters. The molecule has 1 aromatic heterocycles. The third-order valence-corrected chi connectivity index (χ3v) is 4.28. The summed E-state index contributed by atoms with van der Waals surface area (Å²) in [5, 5.41) is 7.00. The number of hydrogen-bond donors (Lipinski definition) is 1. The minimum Gasteiger partial charge on any atom is -0.486 e. The smallest absolute Gasteiger partial charge is 0.257 e. The Labute approximate surface area is 134 Å². The van der Waals surface area contributed by atoms with Gasteiger partial charge in [0.05, 0.1) is 17.5 Å². The van der Waals surface area contributed by atoms with Gasteiger partial charge in [-0.3, -0.25) is 9.89 Å². The van der Waals surface area contributed by atoms with Crippen molar-refractivity contribution in [2.24, 2.45) is 5.92 Å². The predicted octanol–water partition coefficient (Wildman–Crippen LogP) is 2.33. The minimum absolute atomic E-state index is 0.00413. The number of nitrogens with one attached hydrogen (secondary N) is 1. The van der Waals surface area contributed by atoms with Gasteiger partial charge in [0, 0.05) is 19.2 Å². The zero-order valence-corrected chi connectivity index (χ0v) is 13.0. The van der Waals surface area contributed by atoms with E-state index in [1.807, 2.05) is 25.2 Å². The molecule has 1 amide bonds. The number of carbonyl (C=O) groups excluding carboxylic acids is 1. The van der Waals surface area contributed by atoms with Crippen molar-refractivity contribution in [3.05, 3.63) is 30.0 Å². The van der Waals surface area contributed by atoms with Crippen molar-refractivity contribution < 1.29 is 14.3 Å². The molecule has 4 rings (SSSR count). The summed E-state index contributed by atoms with van der Waals surface area (Å²) < 4.78 is 11.2. The molecule has 0 bridgehead atoms. The van der Waals surface area contributed by atoms with E-state index in [4.69, 9.17) is 9.47 Å². The van der Waals surface area contributed by atoms with Gasteiger partial charge in [-0.05, 0) is 37.0 Å². The molecule has 1 aliphatic carbocycles. The van der Waals surface area contributed by atoms with Gasteiger partial charge in [0.25, 0.3) is 5.91 Å². The average Bonchev–Trinajstić information content (AvgIpc) is 3.26. The summed E-state index contributed by atoms with van der Waals surface area (Å²) in [6, 6.07) is 5.67. The van der Waals surface area contributed by atoms with Crippen LogP contribution in [0.15, 0.2) is 24.4 Å². The molecule has 6 nitrogen and oxygen atoms in total. The van der Waals surface area contributed by atoms with E-state index in [0.717, 1.165) is 23.6 Å². The van der Waals surface area contributed by atoms with Crippen LogP contribution in [0.2, 0.25) is 0 Å². The fourth-order valence-corrected chi connectivity index (χ4v) is 2.84. The van der Waals surface area contributed by atoms with Crippen molar-refractivity contribution in [1.29, 1.82) is 0 Å². The standard InChI is InChI=1S/C17H19N3O3/c1-20(10-11-2-3-11)17(21)13-9-18-19-16(13)12-4-5-14-15(8-12)23-7-6-22-14/h4-5,8-9,11H,2-3,6-7,10H2,1H3,(H,18,19). The Hall–Kier alpha value is -2.50. The quantitative estimate of drug-likeness (QED) is 0.940. The molecule has 0 saturated heterocycles. The number of amides is 1. The van der Waals surface area contributed by atoms with E-state index < -0.39 is 0 Å². The molecule has 1 fully saturated rings. The summed E-state index contributed by atoms with van der Waals surface area (Å²) in [4.78, 5) is 14.4. The van der Waals surface area contributed by atoms with E-state index in [1.54, 1.807) is 11.1 Å². The van der Waals surface area contributed by atoms with Gasteiger partial charge < -0.3 is 14.4 Å². The first-order valence-corrected chi connectivity index (χ1v) is 7.91. The number of fused-ring (bicyclic) bond motifs is 1. The predicted molar refractivity (Wildman–Crippen MR) is 84.7 cm³/mol. The molecule has 0 radical (unpaired) electrons. The van der Waals surface area contributed by atoms with Crippen LogP contribution in [0.1, 0.15) is 23.2 Å². The van der Waals surface area contributed by atoms with Crippen LogP contribution in [-0.2, 0) is 0 Å². The monoisotopic (exact) mass is 313 g/mol. The van der Waals surface area contributed by atoms with Crippen molar-refractivity contribution in [3.8, 4) is 22.8 Å². The molecular weight excluding hydrogens is 294 g/mol. The molecule has 2 aromatic rings. The minimum atomic E-state index is -0.00413. The third kappa shape index (κ3) is 2.76. The summed E-state index contributed by atoms with van der Waals surface area (Å²) in [5.41, 5.74) is 2.18. The Balaban J connectivity index is 1.62. The molecule has 2 heterocycles. The van der Waals surface area contributed by atoms with E-state index in [2.05, 4.69) is 10.2 Å². The van der Waals surface area contributed by atoms with Gasteiger partial charge in [-0.25, -0.2) is 0 Å². The fraction of sp³-hybridized carbons (Fsp3) is 0.412. The zero-order chi connectivity index (χ0) is 15.8. The highest BCUT2D eigenvalue weighted by atomic mass is 16.6. The maximum Gasteiger partial charge on any atom is 0.257 e. The molecule has 6 heteroatoms. The highest BCUT2D eigenvalue weighted by Gasteiger charge is 2.27. The Kier molecular flexibility index (Phi) is 3.44. The lowest BCUT2D eigenvalue weighted by atomic mass is 10.1. The second kappa shape index (κ2) is 5.61. The topological polar surface area (TPSA) is 67.5 Å². The van der Waals surface area contributed by atoms with Gasteiger partial charge >= 0.3 is 0 Å². The van der Waals surface area contributed by atoms with E-state index in [1.165, 1.54) is 12.8 Å². The van der Waals surface area contributed by atoms with Crippen LogP contribution < -0.4 is 9.47 Å². The number of carbonyl (C=O) groups is 1. The molecule has 1 saturated carbocycles. The first-order valence-electron chi connectivity index (χ1n) is 7.91. The highest BCUT2D eigenvalue weighted by molar-refractivity contribution is 5.99. The number of benzene rings is 1. The lowest BCUT2D eigenvalue weighted by molar-refractivity contribution is 0.0789. The Morgan fingerprint density at radius 3 is 2.87 bits per heavy atom. The molecule has 23 heavy (non-hydrogen) atoms. The zero-order valence-electron chi connectivity index (χ0n) is 13.0. The second-order valence-electron chi connectivity index (χ2n) is 6.15. The number of rotatable bonds is 4. The van der Waals surface area contributed by atoms with E-state index in [0.29, 0.717) is 30.4 Å². The van der Waals surface area contributed by atoms with Crippen LogP contribution in [0.5, 0.6) is 11.5 Å². The molecule has 0 spiro atoms. The first-order chi connectivity index (χ1) is 11.2. The highest BCUT2D eigenvalue weighted by Crippen LogP contribution is 2.35. The first kappa shape index (κ1) is 14.1. The molecule has 120 valence electrons. The largest absolute Gasteiger partial charge is 0.486 e. The van der Waals surface area contributed by atoms with Gasteiger partial charge in [-0.1, -0.05) is 0 Å². The van der Waals surface area contributed by atoms with Crippen LogP contribution >= 0.6 is 0 Å². The van der Waals surface area contributed by atoms with E-state index >= 15 is 0 Å². The number of hydrogen-bond acceptors (Lipinski definition) is 4. The van der Waals surface area contributed by atoms with Gasteiger partial charge in [-0.15, -0.1) is 0 Å². The van der Waals surface area contributed by atoms with Crippen LogP contribution in [0.3, 0.4) is 0 Å². The number of nitrogens with zero attached hydrogens (tertiary/aromatic N) is 2. The molecule has 1 aromatic carbocycles. The van der Waals surface area contributed by atoms with Crippen LogP contribution in [0.4, 0.5) is 0 Å². The SMILES string of the molecule is CN(CC1CC1)C(=O)c1cn[nH]c1-c1ccc2c(c1)OCCO2. The number of aromatic nitrogens is 2. The van der Waals surface area contributed by atoms with Crippen molar-refractivity contribution in [2.45, 2.75) is 12.8 Å². The van der Waals surface area contributed by atoms with Crippen LogP contribution in [0.25, 0.3) is 11.3 Å². The van der Waals surface area contributed by atoms with Gasteiger partial charge in [0.1, 0.15) is 13.2 Å². The van der Waals surface area contributed by atoms with Gasteiger partial charge in [-0.2, -0.15) is 5.10 Å².